The first kappa shape index (κ1) is 19.4. The highest BCUT2D eigenvalue weighted by Gasteiger charge is 2.21. The number of benzene rings is 2. The van der Waals surface area contributed by atoms with E-state index in [9.17, 15) is 5.11 Å². The molecule has 0 saturated carbocycles. The number of hydrogen-bond acceptors (Lipinski definition) is 5. The minimum Gasteiger partial charge on any atom is -0.489 e. The van der Waals surface area contributed by atoms with Crippen LogP contribution in [0.4, 0.5) is 0 Å². The number of ether oxygens (including phenoxy) is 1. The molecule has 2 aromatic carbocycles. The summed E-state index contributed by atoms with van der Waals surface area (Å²) in [4.78, 5) is 1.32. The van der Waals surface area contributed by atoms with Gasteiger partial charge in [-0.15, -0.1) is 11.3 Å². The second kappa shape index (κ2) is 8.53. The molecule has 3 aromatic rings. The van der Waals surface area contributed by atoms with E-state index in [-0.39, 0.29) is 12.1 Å². The molecule has 1 atom stereocenters. The summed E-state index contributed by atoms with van der Waals surface area (Å²) in [7, 11) is 0. The molecular weight excluding hydrogens is 356 g/mol. The number of fused-ring (bicyclic) bond motifs is 1. The Balaban J connectivity index is 1.51. The first-order chi connectivity index (χ1) is 13.0. The minimum absolute atomic E-state index is 0.144. The summed E-state index contributed by atoms with van der Waals surface area (Å²) < 4.78 is 6.90. The summed E-state index contributed by atoms with van der Waals surface area (Å²) >= 11 is 1.81. The molecule has 1 aromatic heterocycles. The maximum Gasteiger partial charge on any atom is 0.137 e. The van der Waals surface area contributed by atoms with Crippen LogP contribution >= 0.6 is 11.3 Å². The van der Waals surface area contributed by atoms with Crippen molar-refractivity contribution in [1.29, 1.82) is 5.26 Å². The Morgan fingerprint density at radius 3 is 2.70 bits per heavy atom. The molecule has 5 heteroatoms. The van der Waals surface area contributed by atoms with Crippen LogP contribution in [0.1, 0.15) is 24.3 Å². The van der Waals surface area contributed by atoms with Crippen molar-refractivity contribution in [2.75, 3.05) is 13.2 Å². The lowest BCUT2D eigenvalue weighted by atomic mass is 9.99. The van der Waals surface area contributed by atoms with Gasteiger partial charge in [-0.1, -0.05) is 30.3 Å². The molecule has 0 radical (unpaired) electrons. The highest BCUT2D eigenvalue weighted by Crippen LogP contribution is 2.28. The summed E-state index contributed by atoms with van der Waals surface area (Å²) in [6, 6.07) is 19.8. The van der Waals surface area contributed by atoms with Gasteiger partial charge in [0.15, 0.2) is 0 Å². The van der Waals surface area contributed by atoms with Crippen LogP contribution < -0.4 is 10.1 Å². The Bertz CT molecular complexity index is 910. The average molecular weight is 381 g/mol. The lowest BCUT2D eigenvalue weighted by molar-refractivity contribution is 0.0987. The number of hydrogen-bond donors (Lipinski definition) is 2. The average Bonchev–Trinajstić information content (AvgIpc) is 3.06. The van der Waals surface area contributed by atoms with Gasteiger partial charge in [0.25, 0.3) is 0 Å². The third-order valence-corrected chi connectivity index (χ3v) is 5.46. The largest absolute Gasteiger partial charge is 0.489 e. The molecule has 0 unspecified atom stereocenters. The highest BCUT2D eigenvalue weighted by atomic mass is 32.1. The zero-order valence-corrected chi connectivity index (χ0v) is 16.4. The Kier molecular flexibility index (Phi) is 6.12. The molecule has 0 aliphatic rings. The minimum atomic E-state index is -0.654. The smallest absolute Gasteiger partial charge is 0.137 e. The van der Waals surface area contributed by atoms with Crippen LogP contribution in [-0.4, -0.2) is 29.9 Å². The van der Waals surface area contributed by atoms with Crippen molar-refractivity contribution in [1.82, 2.24) is 5.32 Å². The quantitative estimate of drug-likeness (QED) is 0.617. The van der Waals surface area contributed by atoms with Gasteiger partial charge in [-0.25, -0.2) is 0 Å². The van der Waals surface area contributed by atoms with Crippen molar-refractivity contribution in [2.45, 2.75) is 31.9 Å². The van der Waals surface area contributed by atoms with Crippen LogP contribution in [-0.2, 0) is 6.42 Å². The second-order valence-electron chi connectivity index (χ2n) is 7.26. The molecule has 0 saturated heterocycles. The summed E-state index contributed by atoms with van der Waals surface area (Å²) in [6.45, 7) is 4.84. The number of thiophene rings is 1. The van der Waals surface area contributed by atoms with E-state index >= 15 is 0 Å². The molecule has 0 bridgehead atoms. The van der Waals surface area contributed by atoms with Crippen molar-refractivity contribution in [3.8, 4) is 11.8 Å². The van der Waals surface area contributed by atoms with E-state index in [0.717, 1.165) is 6.42 Å². The van der Waals surface area contributed by atoms with Gasteiger partial charge >= 0.3 is 0 Å². The number of β-amino-alcohol motifs (C(OH)–C–C–N with tert-alkyl or cyclic N) is 1. The first-order valence-corrected chi connectivity index (χ1v) is 9.81. The van der Waals surface area contributed by atoms with Crippen molar-refractivity contribution >= 4 is 21.4 Å². The van der Waals surface area contributed by atoms with Crippen LogP contribution in [0.5, 0.6) is 5.75 Å². The van der Waals surface area contributed by atoms with E-state index in [1.807, 2.05) is 17.4 Å². The number of rotatable bonds is 8. The lowest BCUT2D eigenvalue weighted by Gasteiger charge is -2.27. The molecular formula is C22H24N2O2S. The first-order valence-electron chi connectivity index (χ1n) is 8.99. The number of nitriles is 1. The summed E-state index contributed by atoms with van der Waals surface area (Å²) in [5, 5.41) is 24.0. The zero-order valence-electron chi connectivity index (χ0n) is 15.6. The van der Waals surface area contributed by atoms with E-state index in [1.54, 1.807) is 18.2 Å². The van der Waals surface area contributed by atoms with Crippen molar-refractivity contribution in [3.63, 3.8) is 0 Å². The van der Waals surface area contributed by atoms with Gasteiger partial charge in [-0.3, -0.25) is 0 Å². The molecule has 0 amide bonds. The van der Waals surface area contributed by atoms with Crippen molar-refractivity contribution in [2.24, 2.45) is 0 Å². The molecule has 0 fully saturated rings. The normalized spacial score (nSPS) is 12.7. The monoisotopic (exact) mass is 380 g/mol. The van der Waals surface area contributed by atoms with Gasteiger partial charge in [0, 0.05) is 21.7 Å². The molecule has 1 heterocycles. The van der Waals surface area contributed by atoms with E-state index in [2.05, 4.69) is 55.6 Å². The van der Waals surface area contributed by atoms with Crippen molar-refractivity contribution < 1.29 is 9.84 Å². The number of nitrogens with one attached hydrogen (secondary N) is 1. The molecule has 27 heavy (non-hydrogen) atoms. The van der Waals surface area contributed by atoms with Crippen molar-refractivity contribution in [3.05, 3.63) is 65.0 Å². The summed E-state index contributed by atoms with van der Waals surface area (Å²) in [5.41, 5.74) is 0.328. The fourth-order valence-electron chi connectivity index (χ4n) is 2.95. The van der Waals surface area contributed by atoms with E-state index in [0.29, 0.717) is 17.9 Å². The van der Waals surface area contributed by atoms with Gasteiger partial charge < -0.3 is 15.2 Å². The van der Waals surface area contributed by atoms with Gasteiger partial charge in [-0.05, 0) is 49.9 Å². The Morgan fingerprint density at radius 2 is 1.93 bits per heavy atom. The maximum absolute atomic E-state index is 10.3. The van der Waals surface area contributed by atoms with Crippen LogP contribution in [0.15, 0.2) is 54.6 Å². The maximum atomic E-state index is 10.3. The van der Waals surface area contributed by atoms with Gasteiger partial charge in [0.05, 0.1) is 5.56 Å². The van der Waals surface area contributed by atoms with Crippen LogP contribution in [0.3, 0.4) is 0 Å². The second-order valence-corrected chi connectivity index (χ2v) is 8.43. The molecule has 4 nitrogen and oxygen atoms in total. The highest BCUT2D eigenvalue weighted by molar-refractivity contribution is 7.19. The Labute approximate surface area is 164 Å². The fourth-order valence-corrected chi connectivity index (χ4v) is 4.24. The van der Waals surface area contributed by atoms with E-state index in [1.165, 1.54) is 15.0 Å². The fraction of sp³-hybridized carbons (Fsp3) is 0.318. The zero-order chi connectivity index (χ0) is 19.3. The predicted molar refractivity (Wildman–Crippen MR) is 110 cm³/mol. The Hall–Kier alpha value is -2.39. The van der Waals surface area contributed by atoms with Crippen LogP contribution in [0, 0.1) is 11.3 Å². The third-order valence-electron chi connectivity index (χ3n) is 4.35. The van der Waals surface area contributed by atoms with Crippen LogP contribution in [0.25, 0.3) is 10.1 Å². The molecule has 140 valence electrons. The predicted octanol–water partition coefficient (Wildman–Crippen LogP) is 4.12. The SMILES string of the molecule is CC(C)(Cc1cc2ccccc2s1)NC[C@H](O)COc1ccccc1C#N. The van der Waals surface area contributed by atoms with Gasteiger partial charge in [-0.2, -0.15) is 5.26 Å². The third kappa shape index (κ3) is 5.30. The van der Waals surface area contributed by atoms with Crippen LogP contribution in [0.2, 0.25) is 0 Å². The lowest BCUT2D eigenvalue weighted by Crippen LogP contribution is -2.46. The van der Waals surface area contributed by atoms with E-state index < -0.39 is 6.10 Å². The summed E-state index contributed by atoms with van der Waals surface area (Å²) in [6.07, 6.45) is 0.232. The molecule has 2 N–H and O–H groups in total. The molecule has 0 aliphatic carbocycles. The number of para-hydroxylation sites is 1. The topological polar surface area (TPSA) is 65.3 Å². The molecule has 3 rings (SSSR count). The summed E-state index contributed by atoms with van der Waals surface area (Å²) in [5.74, 6) is 0.503. The number of aliphatic hydroxyl groups is 1. The Morgan fingerprint density at radius 1 is 1.19 bits per heavy atom. The number of nitrogens with zero attached hydrogens (tertiary/aromatic N) is 1. The van der Waals surface area contributed by atoms with Gasteiger partial charge in [0.2, 0.25) is 0 Å². The molecule has 0 spiro atoms. The van der Waals surface area contributed by atoms with E-state index in [4.69, 9.17) is 10.00 Å². The molecule has 0 aliphatic heterocycles. The standard InChI is InChI=1S/C22H24N2O2S/c1-22(2,12-19-11-16-7-4-6-10-21(16)27-19)24-14-18(25)15-26-20-9-5-3-8-17(20)13-23/h3-11,18,24-25H,12,14-15H2,1-2H3/t18-/m0/s1. The van der Waals surface area contributed by atoms with Gasteiger partial charge in [0.1, 0.15) is 24.5 Å². The number of aliphatic hydroxyl groups excluding tert-OH is 1.